The normalized spacial score (nSPS) is 15.3. The summed E-state index contributed by atoms with van der Waals surface area (Å²) in [6, 6.07) is 11.6. The summed E-state index contributed by atoms with van der Waals surface area (Å²) in [7, 11) is 0. The molecule has 0 radical (unpaired) electrons. The predicted molar refractivity (Wildman–Crippen MR) is 57.7 cm³/mol. The van der Waals surface area contributed by atoms with Gasteiger partial charge in [0.05, 0.1) is 0 Å². The van der Waals surface area contributed by atoms with E-state index >= 15 is 0 Å². The molecule has 0 aliphatic rings. The Bertz CT molecular complexity index is 230. The molecule has 1 aromatic rings. The molecule has 0 aromatic heterocycles. The molecule has 0 saturated heterocycles. The van der Waals surface area contributed by atoms with Crippen molar-refractivity contribution in [1.29, 1.82) is 0 Å². The first kappa shape index (κ1) is 10.3. The van der Waals surface area contributed by atoms with Crippen LogP contribution < -0.4 is 5.32 Å². The Balaban J connectivity index is 2.53. The van der Waals surface area contributed by atoms with Crippen molar-refractivity contribution in [3.8, 4) is 0 Å². The van der Waals surface area contributed by atoms with E-state index in [2.05, 4.69) is 56.4 Å². The fourth-order valence-electron chi connectivity index (χ4n) is 1.38. The highest BCUT2D eigenvalue weighted by molar-refractivity contribution is 5.18. The van der Waals surface area contributed by atoms with E-state index in [1.807, 2.05) is 0 Å². The quantitative estimate of drug-likeness (QED) is 0.745. The van der Waals surface area contributed by atoms with Crippen molar-refractivity contribution in [2.75, 3.05) is 0 Å². The minimum Gasteiger partial charge on any atom is -0.308 e. The molecular weight excluding hydrogens is 158 g/mol. The maximum atomic E-state index is 3.55. The largest absolute Gasteiger partial charge is 0.308 e. The van der Waals surface area contributed by atoms with Crippen molar-refractivity contribution in [2.45, 2.75) is 39.3 Å². The number of hydrogen-bond donors (Lipinski definition) is 1. The minimum atomic E-state index is 0.455. The fraction of sp³-hybridized carbons (Fsp3) is 0.500. The highest BCUT2D eigenvalue weighted by atomic mass is 14.9. The lowest BCUT2D eigenvalue weighted by Crippen LogP contribution is -2.28. The average molecular weight is 177 g/mol. The summed E-state index contributed by atoms with van der Waals surface area (Å²) in [5, 5.41) is 3.55. The topological polar surface area (TPSA) is 12.0 Å². The number of benzene rings is 1. The zero-order chi connectivity index (χ0) is 9.68. The third-order valence-electron chi connectivity index (χ3n) is 2.45. The molecule has 1 unspecified atom stereocenters. The predicted octanol–water partition coefficient (Wildman–Crippen LogP) is 3.14. The Hall–Kier alpha value is -0.820. The van der Waals surface area contributed by atoms with Gasteiger partial charge in [-0.05, 0) is 25.8 Å². The van der Waals surface area contributed by atoms with Gasteiger partial charge in [-0.3, -0.25) is 0 Å². The maximum absolute atomic E-state index is 3.55. The first-order valence-electron chi connectivity index (χ1n) is 5.05. The molecule has 0 aliphatic heterocycles. The summed E-state index contributed by atoms with van der Waals surface area (Å²) in [4.78, 5) is 0. The molecule has 2 atom stereocenters. The molecule has 13 heavy (non-hydrogen) atoms. The van der Waals surface area contributed by atoms with Gasteiger partial charge in [-0.1, -0.05) is 37.3 Å². The fourth-order valence-corrected chi connectivity index (χ4v) is 1.38. The zero-order valence-corrected chi connectivity index (χ0v) is 8.75. The summed E-state index contributed by atoms with van der Waals surface area (Å²) in [6.45, 7) is 6.64. The molecule has 72 valence electrons. The Morgan fingerprint density at radius 1 is 1.15 bits per heavy atom. The van der Waals surface area contributed by atoms with Crippen LogP contribution in [0.25, 0.3) is 0 Å². The Morgan fingerprint density at radius 2 is 1.77 bits per heavy atom. The van der Waals surface area contributed by atoms with Crippen molar-refractivity contribution in [3.63, 3.8) is 0 Å². The van der Waals surface area contributed by atoms with Gasteiger partial charge in [0.15, 0.2) is 0 Å². The molecule has 1 heteroatoms. The number of rotatable bonds is 4. The SMILES string of the molecule is CCC(C)N[C@H](C)c1ccccc1. The van der Waals surface area contributed by atoms with E-state index in [9.17, 15) is 0 Å². The number of hydrogen-bond acceptors (Lipinski definition) is 1. The molecule has 0 spiro atoms. The van der Waals surface area contributed by atoms with Gasteiger partial charge in [-0.2, -0.15) is 0 Å². The summed E-state index contributed by atoms with van der Waals surface area (Å²) >= 11 is 0. The number of nitrogens with one attached hydrogen (secondary N) is 1. The van der Waals surface area contributed by atoms with Crippen LogP contribution in [-0.2, 0) is 0 Å². The summed E-state index contributed by atoms with van der Waals surface area (Å²) in [5.41, 5.74) is 1.36. The minimum absolute atomic E-state index is 0.455. The van der Waals surface area contributed by atoms with Crippen LogP contribution in [0.3, 0.4) is 0 Å². The molecular formula is C12H19N. The highest BCUT2D eigenvalue weighted by Gasteiger charge is 2.06. The molecule has 1 N–H and O–H groups in total. The van der Waals surface area contributed by atoms with Gasteiger partial charge >= 0.3 is 0 Å². The third kappa shape index (κ3) is 3.19. The second-order valence-electron chi connectivity index (χ2n) is 3.61. The molecule has 0 bridgehead atoms. The van der Waals surface area contributed by atoms with Gasteiger partial charge in [0.2, 0.25) is 0 Å². The van der Waals surface area contributed by atoms with Crippen molar-refractivity contribution in [2.24, 2.45) is 0 Å². The monoisotopic (exact) mass is 177 g/mol. The first-order chi connectivity index (χ1) is 6.24. The van der Waals surface area contributed by atoms with Crippen LogP contribution in [0.4, 0.5) is 0 Å². The van der Waals surface area contributed by atoms with E-state index in [0.717, 1.165) is 0 Å². The molecule has 1 nitrogen and oxygen atoms in total. The van der Waals surface area contributed by atoms with E-state index in [1.54, 1.807) is 0 Å². The molecule has 1 aromatic carbocycles. The second kappa shape index (κ2) is 5.03. The van der Waals surface area contributed by atoms with Crippen molar-refractivity contribution < 1.29 is 0 Å². The standard InChI is InChI=1S/C12H19N/c1-4-10(2)13-11(3)12-8-6-5-7-9-12/h5-11,13H,4H2,1-3H3/t10?,11-/m1/s1. The van der Waals surface area contributed by atoms with Crippen LogP contribution >= 0.6 is 0 Å². The summed E-state index contributed by atoms with van der Waals surface area (Å²) in [6.07, 6.45) is 1.18. The molecule has 0 amide bonds. The molecule has 0 heterocycles. The smallest absolute Gasteiger partial charge is 0.0294 e. The second-order valence-corrected chi connectivity index (χ2v) is 3.61. The van der Waals surface area contributed by atoms with Gasteiger partial charge in [-0.15, -0.1) is 0 Å². The Morgan fingerprint density at radius 3 is 2.31 bits per heavy atom. The van der Waals surface area contributed by atoms with Gasteiger partial charge in [-0.25, -0.2) is 0 Å². The highest BCUT2D eigenvalue weighted by Crippen LogP contribution is 2.12. The van der Waals surface area contributed by atoms with E-state index in [1.165, 1.54) is 12.0 Å². The average Bonchev–Trinajstić information content (AvgIpc) is 2.19. The molecule has 0 aliphatic carbocycles. The van der Waals surface area contributed by atoms with Gasteiger partial charge in [0.1, 0.15) is 0 Å². The lowest BCUT2D eigenvalue weighted by molar-refractivity contribution is 0.469. The van der Waals surface area contributed by atoms with E-state index in [4.69, 9.17) is 0 Å². The van der Waals surface area contributed by atoms with Crippen molar-refractivity contribution in [3.05, 3.63) is 35.9 Å². The van der Waals surface area contributed by atoms with Crippen LogP contribution in [0.2, 0.25) is 0 Å². The zero-order valence-electron chi connectivity index (χ0n) is 8.75. The van der Waals surface area contributed by atoms with Crippen LogP contribution in [0.15, 0.2) is 30.3 Å². The van der Waals surface area contributed by atoms with Crippen LogP contribution in [0.5, 0.6) is 0 Å². The molecule has 1 rings (SSSR count). The molecule has 0 saturated carbocycles. The van der Waals surface area contributed by atoms with Crippen LogP contribution in [-0.4, -0.2) is 6.04 Å². The van der Waals surface area contributed by atoms with Crippen LogP contribution in [0.1, 0.15) is 38.8 Å². The van der Waals surface area contributed by atoms with Gasteiger partial charge < -0.3 is 5.32 Å². The van der Waals surface area contributed by atoms with Gasteiger partial charge in [0, 0.05) is 12.1 Å². The Kier molecular flexibility index (Phi) is 3.97. The van der Waals surface area contributed by atoms with Gasteiger partial charge in [0.25, 0.3) is 0 Å². The molecule has 0 fully saturated rings. The summed E-state index contributed by atoms with van der Waals surface area (Å²) in [5.74, 6) is 0. The van der Waals surface area contributed by atoms with Crippen molar-refractivity contribution in [1.82, 2.24) is 5.32 Å². The summed E-state index contributed by atoms with van der Waals surface area (Å²) < 4.78 is 0. The van der Waals surface area contributed by atoms with E-state index < -0.39 is 0 Å². The maximum Gasteiger partial charge on any atom is 0.0294 e. The first-order valence-corrected chi connectivity index (χ1v) is 5.05. The lowest BCUT2D eigenvalue weighted by atomic mass is 10.1. The van der Waals surface area contributed by atoms with Crippen LogP contribution in [0, 0.1) is 0 Å². The third-order valence-corrected chi connectivity index (χ3v) is 2.45. The van der Waals surface area contributed by atoms with E-state index in [0.29, 0.717) is 12.1 Å². The van der Waals surface area contributed by atoms with E-state index in [-0.39, 0.29) is 0 Å². The van der Waals surface area contributed by atoms with Crippen molar-refractivity contribution >= 4 is 0 Å². The lowest BCUT2D eigenvalue weighted by Gasteiger charge is -2.18. The Labute approximate surface area is 81.2 Å².